The highest BCUT2D eigenvalue weighted by atomic mass is 16.6. The maximum Gasteiger partial charge on any atom is 0.306 e. The Morgan fingerprint density at radius 2 is 0.494 bits per heavy atom. The molecule has 0 saturated carbocycles. The smallest absolute Gasteiger partial charge is 0.306 e. The zero-order valence-electron chi connectivity index (χ0n) is 52.4. The first-order valence-corrected chi connectivity index (χ1v) is 34.1. The van der Waals surface area contributed by atoms with Crippen LogP contribution in [0.15, 0.2) is 85.1 Å². The van der Waals surface area contributed by atoms with Crippen LogP contribution in [0.1, 0.15) is 342 Å². The molecule has 0 fully saturated rings. The van der Waals surface area contributed by atoms with Gasteiger partial charge in [0.25, 0.3) is 0 Å². The van der Waals surface area contributed by atoms with Gasteiger partial charge in [-0.25, -0.2) is 0 Å². The summed E-state index contributed by atoms with van der Waals surface area (Å²) < 4.78 is 16.9. The van der Waals surface area contributed by atoms with Crippen LogP contribution >= 0.6 is 0 Å². The number of carbonyl (C=O) groups is 3. The Bertz CT molecular complexity index is 1500. The third kappa shape index (κ3) is 65.3. The van der Waals surface area contributed by atoms with Crippen molar-refractivity contribution in [3.8, 4) is 0 Å². The maximum atomic E-state index is 12.9. The molecule has 0 aromatic heterocycles. The molecule has 0 spiro atoms. The Kier molecular flexibility index (Phi) is 64.2. The van der Waals surface area contributed by atoms with Gasteiger partial charge in [-0.15, -0.1) is 0 Å². The summed E-state index contributed by atoms with van der Waals surface area (Å²) in [7, 11) is 0. The molecule has 6 heteroatoms. The van der Waals surface area contributed by atoms with Gasteiger partial charge in [0.2, 0.25) is 0 Å². The van der Waals surface area contributed by atoms with Crippen LogP contribution in [-0.2, 0) is 28.6 Å². The van der Waals surface area contributed by atoms with Gasteiger partial charge in [-0.1, -0.05) is 292 Å². The summed E-state index contributed by atoms with van der Waals surface area (Å²) in [6, 6.07) is 0. The van der Waals surface area contributed by atoms with Gasteiger partial charge in [-0.3, -0.25) is 14.4 Å². The highest BCUT2D eigenvalue weighted by Gasteiger charge is 2.19. The summed E-state index contributed by atoms with van der Waals surface area (Å²) in [5.74, 6) is -0.881. The fourth-order valence-electron chi connectivity index (χ4n) is 9.76. The van der Waals surface area contributed by atoms with Crippen molar-refractivity contribution in [3.05, 3.63) is 85.1 Å². The average Bonchev–Trinajstić information content (AvgIpc) is 3.45. The molecule has 1 atom stereocenters. The third-order valence-corrected chi connectivity index (χ3v) is 14.9. The van der Waals surface area contributed by atoms with Crippen LogP contribution in [0.5, 0.6) is 0 Å². The average molecular weight is 1100 g/mol. The van der Waals surface area contributed by atoms with Crippen LogP contribution < -0.4 is 0 Å². The lowest BCUT2D eigenvalue weighted by molar-refractivity contribution is -0.167. The van der Waals surface area contributed by atoms with E-state index in [9.17, 15) is 14.4 Å². The topological polar surface area (TPSA) is 78.9 Å². The minimum Gasteiger partial charge on any atom is -0.462 e. The van der Waals surface area contributed by atoms with Crippen LogP contribution in [0.4, 0.5) is 0 Å². The molecule has 0 rings (SSSR count). The van der Waals surface area contributed by atoms with Gasteiger partial charge >= 0.3 is 17.9 Å². The Labute approximate surface area is 490 Å². The lowest BCUT2D eigenvalue weighted by Gasteiger charge is -2.18. The van der Waals surface area contributed by atoms with Crippen molar-refractivity contribution in [1.29, 1.82) is 0 Å². The Morgan fingerprint density at radius 3 is 0.785 bits per heavy atom. The largest absolute Gasteiger partial charge is 0.462 e. The van der Waals surface area contributed by atoms with Gasteiger partial charge in [0.15, 0.2) is 6.10 Å². The van der Waals surface area contributed by atoms with Gasteiger partial charge < -0.3 is 14.2 Å². The van der Waals surface area contributed by atoms with E-state index in [2.05, 4.69) is 106 Å². The van der Waals surface area contributed by atoms with E-state index in [4.69, 9.17) is 14.2 Å². The lowest BCUT2D eigenvalue weighted by Crippen LogP contribution is -2.30. The number of allylic oxidation sites excluding steroid dienone is 14. The number of hydrogen-bond acceptors (Lipinski definition) is 6. The second-order valence-corrected chi connectivity index (χ2v) is 22.7. The van der Waals surface area contributed by atoms with E-state index in [0.29, 0.717) is 19.3 Å². The molecule has 79 heavy (non-hydrogen) atoms. The van der Waals surface area contributed by atoms with Crippen molar-refractivity contribution in [3.63, 3.8) is 0 Å². The van der Waals surface area contributed by atoms with E-state index in [0.717, 1.165) is 109 Å². The number of ether oxygens (including phenoxy) is 3. The van der Waals surface area contributed by atoms with Gasteiger partial charge in [0.05, 0.1) is 0 Å². The summed E-state index contributed by atoms with van der Waals surface area (Å²) in [4.78, 5) is 38.3. The van der Waals surface area contributed by atoms with E-state index < -0.39 is 6.10 Å². The zero-order chi connectivity index (χ0) is 57.1. The quantitative estimate of drug-likeness (QED) is 0.0261. The van der Waals surface area contributed by atoms with E-state index in [-0.39, 0.29) is 31.1 Å². The van der Waals surface area contributed by atoms with E-state index in [1.54, 1.807) is 0 Å². The van der Waals surface area contributed by atoms with Gasteiger partial charge in [0, 0.05) is 19.3 Å². The minimum absolute atomic E-state index is 0.0793. The van der Waals surface area contributed by atoms with Crippen molar-refractivity contribution in [2.24, 2.45) is 0 Å². The Morgan fingerprint density at radius 1 is 0.266 bits per heavy atom. The van der Waals surface area contributed by atoms with Crippen molar-refractivity contribution in [1.82, 2.24) is 0 Å². The van der Waals surface area contributed by atoms with Crippen LogP contribution in [-0.4, -0.2) is 37.2 Å². The molecule has 0 saturated heterocycles. The predicted octanol–water partition coefficient (Wildman–Crippen LogP) is 23.4. The second kappa shape index (κ2) is 67.1. The number of esters is 3. The fraction of sp³-hybridized carbons (Fsp3) is 0.767. The predicted molar refractivity (Wildman–Crippen MR) is 344 cm³/mol. The Hall–Kier alpha value is -3.41. The van der Waals surface area contributed by atoms with Crippen LogP contribution in [0.2, 0.25) is 0 Å². The molecule has 6 nitrogen and oxygen atoms in total. The Balaban J connectivity index is 4.22. The molecule has 0 aliphatic carbocycles. The molecule has 0 aromatic rings. The lowest BCUT2D eigenvalue weighted by atomic mass is 10.0. The molecule has 1 unspecified atom stereocenters. The molecule has 0 bridgehead atoms. The molecule has 0 aromatic carbocycles. The first-order chi connectivity index (χ1) is 39.0. The number of hydrogen-bond donors (Lipinski definition) is 0. The van der Waals surface area contributed by atoms with Crippen LogP contribution in [0.3, 0.4) is 0 Å². The summed E-state index contributed by atoms with van der Waals surface area (Å²) in [6.45, 7) is 6.54. The summed E-state index contributed by atoms with van der Waals surface area (Å²) >= 11 is 0. The van der Waals surface area contributed by atoms with Crippen molar-refractivity contribution in [2.45, 2.75) is 348 Å². The standard InChI is InChI=1S/C73H128O6/c1-4-7-10-13-16-19-22-25-28-29-30-31-32-33-34-35-36-37-38-39-40-41-42-43-46-48-51-54-57-60-63-66-72(75)78-69-70(79-73(76)67-64-61-58-55-52-49-45-27-24-21-18-15-12-9-6-3)68-77-71(74)65-62-59-56-53-50-47-44-26-23-20-17-14-11-8-5-2/h7,10,16,19,25-28,30-31,33-34,44-45,70H,4-6,8-9,11-15,17-18,20-24,29,32,35-43,46-69H2,1-3H3/b10-7-,19-16-,28-25-,31-30-,34-33-,44-26-,45-27-. The summed E-state index contributed by atoms with van der Waals surface area (Å²) in [5.41, 5.74) is 0. The van der Waals surface area contributed by atoms with E-state index in [1.807, 2.05) is 0 Å². The van der Waals surface area contributed by atoms with Crippen molar-refractivity contribution < 1.29 is 28.6 Å². The summed E-state index contributed by atoms with van der Waals surface area (Å²) in [5, 5.41) is 0. The van der Waals surface area contributed by atoms with E-state index in [1.165, 1.54) is 193 Å². The van der Waals surface area contributed by atoms with Crippen molar-refractivity contribution in [2.75, 3.05) is 13.2 Å². The highest BCUT2D eigenvalue weighted by molar-refractivity contribution is 5.71. The molecule has 0 aliphatic rings. The fourth-order valence-corrected chi connectivity index (χ4v) is 9.76. The van der Waals surface area contributed by atoms with E-state index >= 15 is 0 Å². The molecule has 456 valence electrons. The molecule has 0 heterocycles. The number of unbranched alkanes of at least 4 members (excludes halogenated alkanes) is 37. The van der Waals surface area contributed by atoms with Gasteiger partial charge in [0.1, 0.15) is 13.2 Å². The van der Waals surface area contributed by atoms with Crippen LogP contribution in [0.25, 0.3) is 0 Å². The monoisotopic (exact) mass is 1100 g/mol. The zero-order valence-corrected chi connectivity index (χ0v) is 52.4. The maximum absolute atomic E-state index is 12.9. The second-order valence-electron chi connectivity index (χ2n) is 22.7. The molecule has 0 aliphatic heterocycles. The first-order valence-electron chi connectivity index (χ1n) is 34.1. The number of rotatable bonds is 62. The molecule has 0 amide bonds. The highest BCUT2D eigenvalue weighted by Crippen LogP contribution is 2.17. The molecule has 0 N–H and O–H groups in total. The minimum atomic E-state index is -0.783. The summed E-state index contributed by atoms with van der Waals surface area (Å²) in [6.07, 6.45) is 88.9. The van der Waals surface area contributed by atoms with Gasteiger partial charge in [-0.2, -0.15) is 0 Å². The first kappa shape index (κ1) is 75.6. The van der Waals surface area contributed by atoms with Crippen LogP contribution in [0, 0.1) is 0 Å². The SMILES string of the molecule is CC/C=C\C/C=C\C/C=C\C/C=C\C/C=C\CCCCCCCCCCCCCCCCCC(=O)OCC(COC(=O)CCCCCCC/C=C\CCCCCCCC)OC(=O)CCCCCCC/C=C\CCCCCCCC. The molecular formula is C73H128O6. The molecule has 0 radical (unpaired) electrons. The van der Waals surface area contributed by atoms with Crippen molar-refractivity contribution >= 4 is 17.9 Å². The normalized spacial score (nSPS) is 12.6. The van der Waals surface area contributed by atoms with Gasteiger partial charge in [-0.05, 0) is 116 Å². The third-order valence-electron chi connectivity index (χ3n) is 14.9. The number of carbonyl (C=O) groups excluding carboxylic acids is 3. The molecular weight excluding hydrogens is 973 g/mol.